The lowest BCUT2D eigenvalue weighted by Crippen LogP contribution is -2.41. The topological polar surface area (TPSA) is 76.6 Å². The third kappa shape index (κ3) is 3.76. The standard InChI is InChI=1S/C16H24BClN4O3/c1-15(2)16(3,4)25-17(24-15)11-8-19-14(20-9-11)22-6-5-12(10-22)21-13(23)7-18/h8-9,12H,5-7,10H2,1-4H3,(H,21,23)/t12-/m1/s1. The van der Waals surface area contributed by atoms with E-state index in [0.717, 1.165) is 18.4 Å². The Morgan fingerprint density at radius 1 is 1.32 bits per heavy atom. The van der Waals surface area contributed by atoms with Gasteiger partial charge in [0, 0.05) is 37.0 Å². The van der Waals surface area contributed by atoms with Crippen molar-refractivity contribution in [1.29, 1.82) is 0 Å². The van der Waals surface area contributed by atoms with E-state index in [9.17, 15) is 4.79 Å². The highest BCUT2D eigenvalue weighted by atomic mass is 35.5. The zero-order chi connectivity index (χ0) is 18.2. The molecule has 0 bridgehead atoms. The maximum absolute atomic E-state index is 11.4. The fourth-order valence-corrected chi connectivity index (χ4v) is 3.00. The smallest absolute Gasteiger partial charge is 0.399 e. The molecule has 0 aliphatic carbocycles. The van der Waals surface area contributed by atoms with E-state index in [1.54, 1.807) is 12.4 Å². The van der Waals surface area contributed by atoms with Crippen molar-refractivity contribution in [3.8, 4) is 0 Å². The summed E-state index contributed by atoms with van der Waals surface area (Å²) in [6.45, 7) is 9.54. The van der Waals surface area contributed by atoms with Crippen LogP contribution in [0, 0.1) is 0 Å². The van der Waals surface area contributed by atoms with Gasteiger partial charge in [-0.05, 0) is 34.1 Å². The molecule has 0 radical (unpaired) electrons. The van der Waals surface area contributed by atoms with Gasteiger partial charge in [-0.15, -0.1) is 11.6 Å². The molecule has 2 saturated heterocycles. The van der Waals surface area contributed by atoms with E-state index in [1.165, 1.54) is 0 Å². The molecule has 1 aromatic heterocycles. The zero-order valence-corrected chi connectivity index (χ0v) is 15.8. The Hall–Kier alpha value is -1.38. The van der Waals surface area contributed by atoms with Gasteiger partial charge >= 0.3 is 7.12 Å². The first-order chi connectivity index (χ1) is 11.7. The van der Waals surface area contributed by atoms with Crippen LogP contribution in [0.4, 0.5) is 5.95 Å². The van der Waals surface area contributed by atoms with Crippen molar-refractivity contribution in [2.24, 2.45) is 0 Å². The van der Waals surface area contributed by atoms with E-state index in [0.29, 0.717) is 12.5 Å². The summed E-state index contributed by atoms with van der Waals surface area (Å²) < 4.78 is 12.0. The van der Waals surface area contributed by atoms with Crippen molar-refractivity contribution in [1.82, 2.24) is 15.3 Å². The number of rotatable bonds is 4. The molecule has 136 valence electrons. The van der Waals surface area contributed by atoms with Crippen LogP contribution in [0.1, 0.15) is 34.1 Å². The van der Waals surface area contributed by atoms with Crippen molar-refractivity contribution >= 4 is 36.0 Å². The van der Waals surface area contributed by atoms with Gasteiger partial charge < -0.3 is 19.5 Å². The quantitative estimate of drug-likeness (QED) is 0.625. The molecule has 9 heteroatoms. The Morgan fingerprint density at radius 3 is 2.48 bits per heavy atom. The van der Waals surface area contributed by atoms with Crippen molar-refractivity contribution in [2.45, 2.75) is 51.4 Å². The molecule has 0 aromatic carbocycles. The summed E-state index contributed by atoms with van der Waals surface area (Å²) in [5.41, 5.74) is 0.0201. The van der Waals surface area contributed by atoms with E-state index in [4.69, 9.17) is 20.9 Å². The maximum atomic E-state index is 11.4. The van der Waals surface area contributed by atoms with Gasteiger partial charge in [-0.25, -0.2) is 9.97 Å². The minimum Gasteiger partial charge on any atom is -0.399 e. The molecule has 3 rings (SSSR count). The fraction of sp³-hybridized carbons (Fsp3) is 0.688. The highest BCUT2D eigenvalue weighted by Crippen LogP contribution is 2.36. The number of hydrogen-bond donors (Lipinski definition) is 1. The van der Waals surface area contributed by atoms with Crippen molar-refractivity contribution in [3.63, 3.8) is 0 Å². The average Bonchev–Trinajstić information content (AvgIpc) is 3.10. The summed E-state index contributed by atoms with van der Waals surface area (Å²) >= 11 is 5.53. The average molecular weight is 367 g/mol. The number of carbonyl (C=O) groups is 1. The van der Waals surface area contributed by atoms with Crippen LogP contribution in [0.2, 0.25) is 0 Å². The predicted molar refractivity (Wildman–Crippen MR) is 97.2 cm³/mol. The molecular formula is C16H24BClN4O3. The second-order valence-corrected chi connectivity index (χ2v) is 7.80. The van der Waals surface area contributed by atoms with Gasteiger partial charge in [-0.1, -0.05) is 0 Å². The molecule has 0 spiro atoms. The van der Waals surface area contributed by atoms with Crippen LogP contribution in [-0.2, 0) is 14.1 Å². The highest BCUT2D eigenvalue weighted by molar-refractivity contribution is 6.61. The molecule has 2 aliphatic rings. The minimum absolute atomic E-state index is 0.0181. The Morgan fingerprint density at radius 2 is 1.92 bits per heavy atom. The summed E-state index contributed by atoms with van der Waals surface area (Å²) in [5, 5.41) is 2.89. The lowest BCUT2D eigenvalue weighted by molar-refractivity contribution is -0.119. The van der Waals surface area contributed by atoms with E-state index < -0.39 is 7.12 Å². The Labute approximate surface area is 153 Å². The molecule has 1 aromatic rings. The van der Waals surface area contributed by atoms with E-state index >= 15 is 0 Å². The summed E-state index contributed by atoms with van der Waals surface area (Å²) in [6.07, 6.45) is 4.34. The summed E-state index contributed by atoms with van der Waals surface area (Å²) in [6, 6.07) is 0.0811. The molecule has 1 N–H and O–H groups in total. The number of aromatic nitrogens is 2. The number of nitrogens with zero attached hydrogens (tertiary/aromatic N) is 3. The zero-order valence-electron chi connectivity index (χ0n) is 15.1. The van der Waals surface area contributed by atoms with Crippen LogP contribution in [0.25, 0.3) is 0 Å². The fourth-order valence-electron chi connectivity index (χ4n) is 2.92. The molecule has 2 aliphatic heterocycles. The minimum atomic E-state index is -0.464. The van der Waals surface area contributed by atoms with Gasteiger partial charge in [-0.2, -0.15) is 0 Å². The Kier molecular flexibility index (Phi) is 4.96. The Bertz CT molecular complexity index is 625. The number of anilines is 1. The third-order valence-corrected chi connectivity index (χ3v) is 5.38. The summed E-state index contributed by atoms with van der Waals surface area (Å²) in [7, 11) is -0.464. The van der Waals surface area contributed by atoms with Gasteiger partial charge in [-0.3, -0.25) is 4.79 Å². The highest BCUT2D eigenvalue weighted by Gasteiger charge is 2.52. The molecule has 25 heavy (non-hydrogen) atoms. The van der Waals surface area contributed by atoms with E-state index in [-0.39, 0.29) is 29.0 Å². The normalized spacial score (nSPS) is 24.6. The lowest BCUT2D eigenvalue weighted by atomic mass is 9.81. The molecule has 7 nitrogen and oxygen atoms in total. The van der Waals surface area contributed by atoms with Gasteiger partial charge in [0.1, 0.15) is 5.88 Å². The number of carbonyl (C=O) groups excluding carboxylic acids is 1. The van der Waals surface area contributed by atoms with Crippen LogP contribution in [0.3, 0.4) is 0 Å². The van der Waals surface area contributed by atoms with Crippen molar-refractivity contribution in [2.75, 3.05) is 23.9 Å². The second kappa shape index (κ2) is 6.74. The second-order valence-electron chi connectivity index (χ2n) is 7.54. The van der Waals surface area contributed by atoms with E-state index in [2.05, 4.69) is 15.3 Å². The molecule has 2 fully saturated rings. The van der Waals surface area contributed by atoms with E-state index in [1.807, 2.05) is 32.6 Å². The monoisotopic (exact) mass is 366 g/mol. The van der Waals surface area contributed by atoms with Gasteiger partial charge in [0.15, 0.2) is 0 Å². The maximum Gasteiger partial charge on any atom is 0.498 e. The van der Waals surface area contributed by atoms with Crippen LogP contribution >= 0.6 is 11.6 Å². The number of nitrogens with one attached hydrogen (secondary N) is 1. The molecule has 1 amide bonds. The molecular weight excluding hydrogens is 342 g/mol. The molecule has 1 atom stereocenters. The molecule has 0 unspecified atom stereocenters. The SMILES string of the molecule is CC1(C)OB(c2cnc(N3CC[C@@H](NC(=O)CCl)C3)nc2)OC1(C)C. The molecule has 0 saturated carbocycles. The molecule has 3 heterocycles. The van der Waals surface area contributed by atoms with Crippen molar-refractivity contribution in [3.05, 3.63) is 12.4 Å². The summed E-state index contributed by atoms with van der Waals surface area (Å²) in [5.74, 6) is 0.476. The largest absolute Gasteiger partial charge is 0.498 e. The third-order valence-electron chi connectivity index (χ3n) is 5.14. The first-order valence-electron chi connectivity index (χ1n) is 8.50. The summed E-state index contributed by atoms with van der Waals surface area (Å²) in [4.78, 5) is 22.3. The number of halogens is 1. The van der Waals surface area contributed by atoms with Gasteiger partial charge in [0.05, 0.1) is 11.2 Å². The predicted octanol–water partition coefficient (Wildman–Crippen LogP) is 0.710. The van der Waals surface area contributed by atoms with Crippen LogP contribution in [-0.4, -0.2) is 59.2 Å². The van der Waals surface area contributed by atoms with Crippen LogP contribution < -0.4 is 15.7 Å². The van der Waals surface area contributed by atoms with Crippen molar-refractivity contribution < 1.29 is 14.1 Å². The number of amides is 1. The van der Waals surface area contributed by atoms with Crippen LogP contribution in [0.5, 0.6) is 0 Å². The van der Waals surface area contributed by atoms with Crippen LogP contribution in [0.15, 0.2) is 12.4 Å². The lowest BCUT2D eigenvalue weighted by Gasteiger charge is -2.32. The first-order valence-corrected chi connectivity index (χ1v) is 9.03. The first kappa shape index (κ1) is 18.4. The Balaban J connectivity index is 1.63. The van der Waals surface area contributed by atoms with Gasteiger partial charge in [0.25, 0.3) is 0 Å². The van der Waals surface area contributed by atoms with Gasteiger partial charge in [0.2, 0.25) is 11.9 Å². The number of alkyl halides is 1. The number of hydrogen-bond acceptors (Lipinski definition) is 6.